The molecule has 4 nitrogen and oxygen atoms in total. The summed E-state index contributed by atoms with van der Waals surface area (Å²) in [7, 11) is 0. The predicted octanol–water partition coefficient (Wildman–Crippen LogP) is 3.18. The molecule has 0 radical (unpaired) electrons. The summed E-state index contributed by atoms with van der Waals surface area (Å²) in [6.45, 7) is 0.498. The van der Waals surface area contributed by atoms with Gasteiger partial charge in [0.15, 0.2) is 0 Å². The van der Waals surface area contributed by atoms with E-state index in [0.29, 0.717) is 13.0 Å². The number of benzene rings is 1. The van der Waals surface area contributed by atoms with Gasteiger partial charge in [-0.15, -0.1) is 0 Å². The monoisotopic (exact) mass is 306 g/mol. The molecule has 0 unspecified atom stereocenters. The molecule has 0 saturated heterocycles. The maximum atomic E-state index is 12.2. The summed E-state index contributed by atoms with van der Waals surface area (Å²) in [5, 5.41) is 4.01. The Morgan fingerprint density at radius 3 is 2.96 bits per heavy atom. The first-order valence-electron chi connectivity index (χ1n) is 7.97. The third kappa shape index (κ3) is 2.84. The van der Waals surface area contributed by atoms with Crippen LogP contribution in [0.2, 0.25) is 0 Å². The van der Waals surface area contributed by atoms with E-state index in [1.54, 1.807) is 18.7 Å². The fourth-order valence-corrected chi connectivity index (χ4v) is 3.22. The molecule has 0 saturated carbocycles. The van der Waals surface area contributed by atoms with Gasteiger partial charge in [-0.25, -0.2) is 0 Å². The van der Waals surface area contributed by atoms with Gasteiger partial charge >= 0.3 is 0 Å². The lowest BCUT2D eigenvalue weighted by Gasteiger charge is -2.05. The van der Waals surface area contributed by atoms with Crippen LogP contribution in [0.5, 0.6) is 0 Å². The van der Waals surface area contributed by atoms with Crippen molar-refractivity contribution in [2.24, 2.45) is 0 Å². The quantitative estimate of drug-likeness (QED) is 0.805. The van der Waals surface area contributed by atoms with Crippen LogP contribution < -0.4 is 5.32 Å². The maximum Gasteiger partial charge on any atom is 0.224 e. The van der Waals surface area contributed by atoms with E-state index in [1.807, 2.05) is 12.1 Å². The van der Waals surface area contributed by atoms with Gasteiger partial charge in [0, 0.05) is 29.9 Å². The second-order valence-electron chi connectivity index (χ2n) is 6.05. The van der Waals surface area contributed by atoms with Gasteiger partial charge in [0.25, 0.3) is 0 Å². The summed E-state index contributed by atoms with van der Waals surface area (Å²) in [6, 6.07) is 8.15. The van der Waals surface area contributed by atoms with E-state index in [2.05, 4.69) is 22.4 Å². The first kappa shape index (κ1) is 14.0. The second-order valence-corrected chi connectivity index (χ2v) is 6.05. The number of carbonyl (C=O) groups excluding carboxylic acids is 1. The molecule has 0 spiro atoms. The summed E-state index contributed by atoms with van der Waals surface area (Å²) in [5.74, 6) is -0.00273. The lowest BCUT2D eigenvalue weighted by Crippen LogP contribution is -2.24. The molecule has 2 heterocycles. The zero-order valence-corrected chi connectivity index (χ0v) is 12.8. The topological polar surface area (TPSA) is 55.1 Å². The first-order chi connectivity index (χ1) is 11.3. The van der Waals surface area contributed by atoms with Crippen molar-refractivity contribution < 1.29 is 9.21 Å². The number of furan rings is 1. The lowest BCUT2D eigenvalue weighted by atomic mass is 10.0. The van der Waals surface area contributed by atoms with E-state index in [-0.39, 0.29) is 5.91 Å². The van der Waals surface area contributed by atoms with E-state index >= 15 is 0 Å². The number of hydrogen-bond acceptors (Lipinski definition) is 3. The summed E-state index contributed by atoms with van der Waals surface area (Å²) in [4.78, 5) is 16.2. The minimum absolute atomic E-state index is 0.00273. The fraction of sp³-hybridized carbons (Fsp3) is 0.263. The summed E-state index contributed by atoms with van der Waals surface area (Å²) >= 11 is 0. The molecule has 23 heavy (non-hydrogen) atoms. The third-order valence-corrected chi connectivity index (χ3v) is 4.43. The maximum absolute atomic E-state index is 12.2. The summed E-state index contributed by atoms with van der Waals surface area (Å²) in [6.07, 6.45) is 9.01. The van der Waals surface area contributed by atoms with Crippen LogP contribution in [0.1, 0.15) is 28.7 Å². The highest BCUT2D eigenvalue weighted by Gasteiger charge is 2.16. The molecular weight excluding hydrogens is 288 g/mol. The van der Waals surface area contributed by atoms with Crippen LogP contribution in [0.25, 0.3) is 11.0 Å². The molecule has 1 amide bonds. The van der Waals surface area contributed by atoms with E-state index in [0.717, 1.165) is 34.9 Å². The Morgan fingerprint density at radius 2 is 2.13 bits per heavy atom. The SMILES string of the molecule is O=C(Cc1coc2cc3c(cc12)CCC3)NCc1cccnc1. The standard InChI is InChI=1S/C19H18N2O2/c22-19(21-11-13-3-2-6-20-10-13)9-16-12-23-18-8-15-5-1-4-14(15)7-17(16)18/h2-3,6-8,10,12H,1,4-5,9,11H2,(H,21,22). The predicted molar refractivity (Wildman–Crippen MR) is 88.0 cm³/mol. The van der Waals surface area contributed by atoms with Gasteiger partial charge in [-0.05, 0) is 54.2 Å². The molecule has 116 valence electrons. The molecule has 1 aliphatic carbocycles. The number of nitrogens with one attached hydrogen (secondary N) is 1. The molecule has 4 rings (SSSR count). The van der Waals surface area contributed by atoms with Crippen LogP contribution in [-0.4, -0.2) is 10.9 Å². The van der Waals surface area contributed by atoms with Gasteiger partial charge in [-0.1, -0.05) is 6.07 Å². The van der Waals surface area contributed by atoms with Crippen molar-refractivity contribution in [3.05, 3.63) is 65.2 Å². The number of amides is 1. The van der Waals surface area contributed by atoms with Gasteiger partial charge in [-0.3, -0.25) is 9.78 Å². The Balaban J connectivity index is 1.48. The van der Waals surface area contributed by atoms with Crippen molar-refractivity contribution in [3.63, 3.8) is 0 Å². The first-order valence-corrected chi connectivity index (χ1v) is 7.97. The fourth-order valence-electron chi connectivity index (χ4n) is 3.22. The molecular formula is C19H18N2O2. The second kappa shape index (κ2) is 5.88. The Bertz CT molecular complexity index is 852. The number of carbonyl (C=O) groups is 1. The van der Waals surface area contributed by atoms with Crippen molar-refractivity contribution in [1.82, 2.24) is 10.3 Å². The van der Waals surface area contributed by atoms with Crippen LogP contribution in [0.15, 0.2) is 47.3 Å². The average Bonchev–Trinajstić information content (AvgIpc) is 3.19. The lowest BCUT2D eigenvalue weighted by molar-refractivity contribution is -0.120. The molecule has 2 aromatic heterocycles. The smallest absolute Gasteiger partial charge is 0.224 e. The molecule has 1 aliphatic rings. The van der Waals surface area contributed by atoms with Gasteiger partial charge in [-0.2, -0.15) is 0 Å². The molecule has 3 aromatic rings. The Hall–Kier alpha value is -2.62. The van der Waals surface area contributed by atoms with Crippen LogP contribution in [-0.2, 0) is 30.6 Å². The van der Waals surface area contributed by atoms with Crippen LogP contribution in [0, 0.1) is 0 Å². The van der Waals surface area contributed by atoms with Crippen LogP contribution >= 0.6 is 0 Å². The third-order valence-electron chi connectivity index (χ3n) is 4.43. The summed E-state index contributed by atoms with van der Waals surface area (Å²) < 4.78 is 5.65. The Morgan fingerprint density at radius 1 is 1.26 bits per heavy atom. The van der Waals surface area contributed by atoms with Crippen LogP contribution in [0.3, 0.4) is 0 Å². The average molecular weight is 306 g/mol. The number of hydrogen-bond donors (Lipinski definition) is 1. The zero-order chi connectivity index (χ0) is 15.6. The van der Waals surface area contributed by atoms with Crippen molar-refractivity contribution in [2.75, 3.05) is 0 Å². The molecule has 0 aliphatic heterocycles. The minimum Gasteiger partial charge on any atom is -0.464 e. The number of fused-ring (bicyclic) bond motifs is 2. The Kier molecular flexibility index (Phi) is 3.58. The van der Waals surface area contributed by atoms with E-state index < -0.39 is 0 Å². The van der Waals surface area contributed by atoms with Gasteiger partial charge in [0.2, 0.25) is 5.91 Å². The van der Waals surface area contributed by atoms with Gasteiger partial charge in [0.05, 0.1) is 12.7 Å². The number of aromatic nitrogens is 1. The minimum atomic E-state index is -0.00273. The molecule has 1 aromatic carbocycles. The molecule has 1 N–H and O–H groups in total. The van der Waals surface area contributed by atoms with Gasteiger partial charge in [0.1, 0.15) is 5.58 Å². The Labute approximate surface area is 134 Å². The zero-order valence-electron chi connectivity index (χ0n) is 12.8. The number of nitrogens with zero attached hydrogens (tertiary/aromatic N) is 1. The van der Waals surface area contributed by atoms with Crippen molar-refractivity contribution >= 4 is 16.9 Å². The van der Waals surface area contributed by atoms with Crippen molar-refractivity contribution in [3.8, 4) is 0 Å². The largest absolute Gasteiger partial charge is 0.464 e. The highest BCUT2D eigenvalue weighted by Crippen LogP contribution is 2.30. The molecule has 0 bridgehead atoms. The molecule has 4 heteroatoms. The summed E-state index contributed by atoms with van der Waals surface area (Å²) in [5.41, 5.74) is 5.63. The van der Waals surface area contributed by atoms with Gasteiger partial charge < -0.3 is 9.73 Å². The van der Waals surface area contributed by atoms with Crippen LogP contribution in [0.4, 0.5) is 0 Å². The van der Waals surface area contributed by atoms with E-state index in [1.165, 1.54) is 17.5 Å². The molecule has 0 atom stereocenters. The normalized spacial score (nSPS) is 13.2. The number of aryl methyl sites for hydroxylation is 2. The highest BCUT2D eigenvalue weighted by molar-refractivity contribution is 5.88. The van der Waals surface area contributed by atoms with Crippen molar-refractivity contribution in [1.29, 1.82) is 0 Å². The number of rotatable bonds is 4. The number of pyridine rings is 1. The van der Waals surface area contributed by atoms with Crippen molar-refractivity contribution in [2.45, 2.75) is 32.2 Å². The molecule has 0 fully saturated rings. The highest BCUT2D eigenvalue weighted by atomic mass is 16.3. The van der Waals surface area contributed by atoms with E-state index in [9.17, 15) is 4.79 Å². The van der Waals surface area contributed by atoms with E-state index in [4.69, 9.17) is 4.42 Å².